The summed E-state index contributed by atoms with van der Waals surface area (Å²) >= 11 is 0. The van der Waals surface area contributed by atoms with Crippen LogP contribution in [0.25, 0.3) is 0 Å². The van der Waals surface area contributed by atoms with E-state index in [0.29, 0.717) is 19.3 Å². The third kappa shape index (κ3) is 54.1. The Morgan fingerprint density at radius 3 is 0.912 bits per heavy atom. The standard InChI is InChI=1S/C62H110O6/c1-4-7-10-13-16-19-22-25-27-29-30-31-32-34-35-37-40-43-46-49-52-55-61(64)67-58-59(57-66-60(63)54-51-48-45-42-39-24-21-18-15-12-9-6-3)68-62(65)56-53-50-47-44-41-38-36-33-28-26-23-20-17-14-11-8-5-2/h8,11,17,20,26,28-30,36,38,59H,4-7,9-10,12-16,18-19,21-25,27,31-35,37,39-58H2,1-3H3/b11-8-,20-17-,28-26-,30-29-,38-36-. The van der Waals surface area contributed by atoms with Gasteiger partial charge in [0, 0.05) is 19.3 Å². The van der Waals surface area contributed by atoms with E-state index in [0.717, 1.165) is 96.3 Å². The molecule has 0 saturated carbocycles. The van der Waals surface area contributed by atoms with Crippen LogP contribution in [-0.2, 0) is 28.6 Å². The summed E-state index contributed by atoms with van der Waals surface area (Å²) in [7, 11) is 0. The summed E-state index contributed by atoms with van der Waals surface area (Å²) in [5.41, 5.74) is 0. The molecule has 0 amide bonds. The quantitative estimate of drug-likeness (QED) is 0.0262. The summed E-state index contributed by atoms with van der Waals surface area (Å²) in [5.74, 6) is -0.897. The number of hydrogen-bond donors (Lipinski definition) is 0. The second kappa shape index (κ2) is 56.7. The van der Waals surface area contributed by atoms with Crippen molar-refractivity contribution in [2.24, 2.45) is 0 Å². The maximum atomic E-state index is 12.8. The van der Waals surface area contributed by atoms with Gasteiger partial charge in [-0.05, 0) is 83.5 Å². The first-order chi connectivity index (χ1) is 33.5. The molecule has 6 heteroatoms. The Hall–Kier alpha value is -2.89. The van der Waals surface area contributed by atoms with Gasteiger partial charge in [-0.1, -0.05) is 255 Å². The van der Waals surface area contributed by atoms with Crippen LogP contribution in [0.2, 0.25) is 0 Å². The second-order valence-electron chi connectivity index (χ2n) is 19.5. The number of carbonyl (C=O) groups is 3. The van der Waals surface area contributed by atoms with E-state index in [2.05, 4.69) is 81.5 Å². The largest absolute Gasteiger partial charge is 0.462 e. The molecule has 0 rings (SSSR count). The van der Waals surface area contributed by atoms with Crippen molar-refractivity contribution in [2.75, 3.05) is 13.2 Å². The van der Waals surface area contributed by atoms with Crippen LogP contribution in [0.1, 0.15) is 297 Å². The number of rotatable bonds is 53. The molecule has 0 aromatic carbocycles. The van der Waals surface area contributed by atoms with Crippen LogP contribution in [0.3, 0.4) is 0 Å². The fourth-order valence-electron chi connectivity index (χ4n) is 8.37. The van der Waals surface area contributed by atoms with Crippen molar-refractivity contribution in [1.82, 2.24) is 0 Å². The van der Waals surface area contributed by atoms with E-state index < -0.39 is 6.10 Å². The van der Waals surface area contributed by atoms with E-state index in [1.807, 2.05) is 0 Å². The minimum atomic E-state index is -0.786. The van der Waals surface area contributed by atoms with Crippen molar-refractivity contribution in [2.45, 2.75) is 303 Å². The molecule has 0 spiro atoms. The summed E-state index contributed by atoms with van der Waals surface area (Å²) in [5, 5.41) is 0. The maximum Gasteiger partial charge on any atom is 0.306 e. The van der Waals surface area contributed by atoms with Crippen molar-refractivity contribution in [1.29, 1.82) is 0 Å². The van der Waals surface area contributed by atoms with Crippen LogP contribution in [0, 0.1) is 0 Å². The molecule has 0 aromatic heterocycles. The molecule has 0 aromatic rings. The Morgan fingerprint density at radius 2 is 0.574 bits per heavy atom. The van der Waals surface area contributed by atoms with Crippen molar-refractivity contribution >= 4 is 17.9 Å². The molecule has 6 nitrogen and oxygen atoms in total. The van der Waals surface area contributed by atoms with Crippen LogP contribution in [-0.4, -0.2) is 37.2 Å². The normalized spacial score (nSPS) is 12.5. The number of unbranched alkanes of at least 4 members (excludes halogenated alkanes) is 32. The fraction of sp³-hybridized carbons (Fsp3) is 0.790. The van der Waals surface area contributed by atoms with Crippen LogP contribution < -0.4 is 0 Å². The molecule has 0 radical (unpaired) electrons. The SMILES string of the molecule is CC/C=C\C/C=C\C/C=C\C/C=C\CCCCCCC(=O)OC(COC(=O)CCCCCCCCCCC/C=C\CCCCCCCCCC)COC(=O)CCCCCCCCCCCCCC. The molecular formula is C62H110O6. The van der Waals surface area contributed by atoms with Crippen molar-refractivity contribution in [3.63, 3.8) is 0 Å². The summed E-state index contributed by atoms with van der Waals surface area (Å²) in [6, 6.07) is 0. The molecule has 0 aliphatic heterocycles. The van der Waals surface area contributed by atoms with Gasteiger partial charge in [-0.15, -0.1) is 0 Å². The number of allylic oxidation sites excluding steroid dienone is 10. The lowest BCUT2D eigenvalue weighted by molar-refractivity contribution is -0.167. The highest BCUT2D eigenvalue weighted by Gasteiger charge is 2.19. The molecular weight excluding hydrogens is 841 g/mol. The Morgan fingerprint density at radius 1 is 0.309 bits per heavy atom. The molecule has 1 atom stereocenters. The first kappa shape index (κ1) is 65.1. The number of carbonyl (C=O) groups excluding carboxylic acids is 3. The van der Waals surface area contributed by atoms with Gasteiger partial charge in [-0.25, -0.2) is 0 Å². The third-order valence-electron chi connectivity index (χ3n) is 12.8. The van der Waals surface area contributed by atoms with Crippen molar-refractivity contribution in [3.05, 3.63) is 60.8 Å². The number of esters is 3. The van der Waals surface area contributed by atoms with Gasteiger partial charge >= 0.3 is 17.9 Å². The summed E-state index contributed by atoms with van der Waals surface area (Å²) in [6.07, 6.45) is 70.7. The lowest BCUT2D eigenvalue weighted by Crippen LogP contribution is -2.30. The van der Waals surface area contributed by atoms with E-state index in [4.69, 9.17) is 14.2 Å². The predicted molar refractivity (Wildman–Crippen MR) is 293 cm³/mol. The average Bonchev–Trinajstić information content (AvgIpc) is 3.34. The van der Waals surface area contributed by atoms with Gasteiger partial charge in [0.2, 0.25) is 0 Å². The van der Waals surface area contributed by atoms with Crippen LogP contribution in [0.5, 0.6) is 0 Å². The van der Waals surface area contributed by atoms with Crippen molar-refractivity contribution in [3.8, 4) is 0 Å². The zero-order chi connectivity index (χ0) is 49.3. The number of hydrogen-bond acceptors (Lipinski definition) is 6. The lowest BCUT2D eigenvalue weighted by Gasteiger charge is -2.18. The minimum absolute atomic E-state index is 0.0823. The molecule has 0 saturated heterocycles. The molecule has 394 valence electrons. The van der Waals surface area contributed by atoms with Gasteiger partial charge in [-0.2, -0.15) is 0 Å². The highest BCUT2D eigenvalue weighted by Crippen LogP contribution is 2.16. The number of ether oxygens (including phenoxy) is 3. The topological polar surface area (TPSA) is 78.9 Å². The monoisotopic (exact) mass is 951 g/mol. The van der Waals surface area contributed by atoms with Gasteiger partial charge in [0.05, 0.1) is 0 Å². The van der Waals surface area contributed by atoms with Gasteiger partial charge < -0.3 is 14.2 Å². The average molecular weight is 952 g/mol. The van der Waals surface area contributed by atoms with Gasteiger partial charge in [0.1, 0.15) is 13.2 Å². The first-order valence-electron chi connectivity index (χ1n) is 29.3. The highest BCUT2D eigenvalue weighted by molar-refractivity contribution is 5.71. The van der Waals surface area contributed by atoms with Gasteiger partial charge in [-0.3, -0.25) is 14.4 Å². The van der Waals surface area contributed by atoms with E-state index >= 15 is 0 Å². The summed E-state index contributed by atoms with van der Waals surface area (Å²) in [6.45, 7) is 6.53. The highest BCUT2D eigenvalue weighted by atomic mass is 16.6. The zero-order valence-electron chi connectivity index (χ0n) is 45.1. The molecule has 1 unspecified atom stereocenters. The van der Waals surface area contributed by atoms with Crippen LogP contribution in [0.15, 0.2) is 60.8 Å². The smallest absolute Gasteiger partial charge is 0.306 e. The minimum Gasteiger partial charge on any atom is -0.462 e. The molecule has 0 fully saturated rings. The Kier molecular flexibility index (Phi) is 54.3. The van der Waals surface area contributed by atoms with Crippen molar-refractivity contribution < 1.29 is 28.6 Å². The molecule has 0 aliphatic rings. The molecule has 0 bridgehead atoms. The molecule has 0 heterocycles. The molecule has 0 aliphatic carbocycles. The molecule has 68 heavy (non-hydrogen) atoms. The van der Waals surface area contributed by atoms with E-state index in [-0.39, 0.29) is 31.1 Å². The third-order valence-corrected chi connectivity index (χ3v) is 12.8. The fourth-order valence-corrected chi connectivity index (χ4v) is 8.37. The Bertz CT molecular complexity index is 1230. The maximum absolute atomic E-state index is 12.8. The van der Waals surface area contributed by atoms with Gasteiger partial charge in [0.25, 0.3) is 0 Å². The Balaban J connectivity index is 4.35. The zero-order valence-corrected chi connectivity index (χ0v) is 45.1. The van der Waals surface area contributed by atoms with Crippen LogP contribution in [0.4, 0.5) is 0 Å². The van der Waals surface area contributed by atoms with E-state index in [9.17, 15) is 14.4 Å². The Labute approximate surface area is 421 Å². The van der Waals surface area contributed by atoms with Gasteiger partial charge in [0.15, 0.2) is 6.10 Å². The molecule has 0 N–H and O–H groups in total. The lowest BCUT2D eigenvalue weighted by atomic mass is 10.0. The van der Waals surface area contributed by atoms with Crippen LogP contribution >= 0.6 is 0 Å². The summed E-state index contributed by atoms with van der Waals surface area (Å²) in [4.78, 5) is 38.1. The summed E-state index contributed by atoms with van der Waals surface area (Å²) < 4.78 is 16.9. The predicted octanol–water partition coefficient (Wildman–Crippen LogP) is 19.6. The first-order valence-corrected chi connectivity index (χ1v) is 29.3. The second-order valence-corrected chi connectivity index (χ2v) is 19.5. The van der Waals surface area contributed by atoms with E-state index in [1.54, 1.807) is 0 Å². The van der Waals surface area contributed by atoms with E-state index in [1.165, 1.54) is 161 Å².